The molecule has 2 aromatic rings. The molecule has 0 aliphatic rings. The van der Waals surface area contributed by atoms with E-state index >= 15 is 0 Å². The third-order valence-corrected chi connectivity index (χ3v) is 4.54. The number of halogens is 2. The maximum Gasteiger partial charge on any atom is 0.412 e. The summed E-state index contributed by atoms with van der Waals surface area (Å²) in [6, 6.07) is 2.27. The first kappa shape index (κ1) is 21.5. The topological polar surface area (TPSA) is 118 Å². The summed E-state index contributed by atoms with van der Waals surface area (Å²) in [5.41, 5.74) is 5.16. The second kappa shape index (κ2) is 8.05. The number of ether oxygens (including phenoxy) is 1. The number of hydrogen-bond acceptors (Lipinski definition) is 6. The van der Waals surface area contributed by atoms with Crippen LogP contribution in [0, 0.1) is 18.2 Å². The van der Waals surface area contributed by atoms with E-state index in [1.807, 2.05) is 0 Å². The van der Waals surface area contributed by atoms with Crippen LogP contribution in [0.2, 0.25) is 0 Å². The predicted molar refractivity (Wildman–Crippen MR) is 109 cm³/mol. The zero-order valence-electron chi connectivity index (χ0n) is 15.8. The second-order valence-corrected chi connectivity index (χ2v) is 7.83. The molecular weight excluding hydrogens is 431 g/mol. The Morgan fingerprint density at radius 2 is 2.00 bits per heavy atom. The molecule has 1 amide bonds. The fourth-order valence-electron chi connectivity index (χ4n) is 2.40. The molecule has 0 radical (unpaired) electrons. The van der Waals surface area contributed by atoms with E-state index in [-0.39, 0.29) is 28.2 Å². The second-order valence-electron chi connectivity index (χ2n) is 6.98. The van der Waals surface area contributed by atoms with Gasteiger partial charge in [0.15, 0.2) is 0 Å². The number of carbonyl (C=O) groups excluding carboxylic acids is 2. The first-order valence-electron chi connectivity index (χ1n) is 8.24. The van der Waals surface area contributed by atoms with Crippen LogP contribution in [0.3, 0.4) is 0 Å². The molecule has 28 heavy (non-hydrogen) atoms. The van der Waals surface area contributed by atoms with Gasteiger partial charge in [0.25, 0.3) is 0 Å². The van der Waals surface area contributed by atoms with E-state index in [0.29, 0.717) is 10.0 Å². The van der Waals surface area contributed by atoms with E-state index in [1.165, 1.54) is 12.3 Å². The van der Waals surface area contributed by atoms with Crippen molar-refractivity contribution in [2.75, 3.05) is 11.1 Å². The molecule has 2 rings (SSSR count). The van der Waals surface area contributed by atoms with Crippen molar-refractivity contribution in [3.8, 4) is 0 Å². The standard InChI is InChI=1S/C19H20BrFN4O3/c1-9-12(20)8-24-16(15(9)25-18(27)28-19(2,3)4)17(26)10-5-6-13(21)14(23)11(10)7-22/h5-8,22H,23H2,1-4H3,(H,25,27). The summed E-state index contributed by atoms with van der Waals surface area (Å²) in [6.07, 6.45) is 1.47. The summed E-state index contributed by atoms with van der Waals surface area (Å²) in [5, 5.41) is 10.0. The number of aromatic nitrogens is 1. The fourth-order valence-corrected chi connectivity index (χ4v) is 2.70. The Balaban J connectivity index is 2.56. The lowest BCUT2D eigenvalue weighted by Crippen LogP contribution is -2.28. The van der Waals surface area contributed by atoms with Gasteiger partial charge in [0.05, 0.1) is 11.4 Å². The quantitative estimate of drug-likeness (QED) is 0.361. The Kier molecular flexibility index (Phi) is 6.18. The SMILES string of the molecule is Cc1c(Br)cnc(C(=O)c2ccc(F)c(N)c2C=N)c1NC(=O)OC(C)(C)C. The van der Waals surface area contributed by atoms with E-state index in [0.717, 1.165) is 12.3 Å². The molecule has 0 unspecified atom stereocenters. The van der Waals surface area contributed by atoms with Crippen molar-refractivity contribution >= 4 is 45.4 Å². The Bertz CT molecular complexity index is 971. The number of nitrogen functional groups attached to an aromatic ring is 1. The van der Waals surface area contributed by atoms with Crippen LogP contribution in [0.4, 0.5) is 20.6 Å². The highest BCUT2D eigenvalue weighted by atomic mass is 79.9. The highest BCUT2D eigenvalue weighted by Gasteiger charge is 2.25. The van der Waals surface area contributed by atoms with E-state index in [9.17, 15) is 14.0 Å². The summed E-state index contributed by atoms with van der Waals surface area (Å²) >= 11 is 3.31. The number of ketones is 1. The van der Waals surface area contributed by atoms with Crippen molar-refractivity contribution in [1.82, 2.24) is 4.98 Å². The lowest BCUT2D eigenvalue weighted by Gasteiger charge is -2.21. The number of hydrogen-bond donors (Lipinski definition) is 3. The van der Waals surface area contributed by atoms with Crippen molar-refractivity contribution in [2.24, 2.45) is 0 Å². The molecule has 0 spiro atoms. The number of rotatable bonds is 4. The molecular formula is C19H20BrFN4O3. The van der Waals surface area contributed by atoms with Crippen LogP contribution < -0.4 is 11.1 Å². The summed E-state index contributed by atoms with van der Waals surface area (Å²) < 4.78 is 19.5. The number of anilines is 2. The average Bonchev–Trinajstić information content (AvgIpc) is 2.59. The summed E-state index contributed by atoms with van der Waals surface area (Å²) in [5.74, 6) is -1.35. The van der Waals surface area contributed by atoms with Gasteiger partial charge in [-0.15, -0.1) is 0 Å². The van der Waals surface area contributed by atoms with Crippen LogP contribution in [0.5, 0.6) is 0 Å². The van der Waals surface area contributed by atoms with Crippen LogP contribution in [0.15, 0.2) is 22.8 Å². The lowest BCUT2D eigenvalue weighted by atomic mass is 9.98. The molecule has 0 saturated carbocycles. The normalized spacial score (nSPS) is 11.1. The number of pyridine rings is 1. The summed E-state index contributed by atoms with van der Waals surface area (Å²) in [7, 11) is 0. The summed E-state index contributed by atoms with van der Waals surface area (Å²) in [6.45, 7) is 6.82. The zero-order valence-corrected chi connectivity index (χ0v) is 17.4. The van der Waals surface area contributed by atoms with Gasteiger partial charge >= 0.3 is 6.09 Å². The molecule has 0 aliphatic heterocycles. The van der Waals surface area contributed by atoms with Crippen LogP contribution in [0.1, 0.15) is 48.0 Å². The monoisotopic (exact) mass is 450 g/mol. The molecule has 1 heterocycles. The van der Waals surface area contributed by atoms with Gasteiger partial charge in [-0.3, -0.25) is 10.1 Å². The van der Waals surface area contributed by atoms with Crippen LogP contribution in [0.25, 0.3) is 0 Å². The first-order chi connectivity index (χ1) is 13.0. The molecule has 0 fully saturated rings. The minimum atomic E-state index is -0.754. The minimum Gasteiger partial charge on any atom is -0.444 e. The van der Waals surface area contributed by atoms with E-state index in [1.54, 1.807) is 27.7 Å². The number of nitrogens with zero attached hydrogens (tertiary/aromatic N) is 1. The average molecular weight is 451 g/mol. The van der Waals surface area contributed by atoms with Crippen LogP contribution >= 0.6 is 15.9 Å². The van der Waals surface area contributed by atoms with Gasteiger partial charge in [-0.1, -0.05) is 0 Å². The number of nitrogens with two attached hydrogens (primary N) is 1. The van der Waals surface area contributed by atoms with Crippen molar-refractivity contribution in [3.05, 3.63) is 51.0 Å². The molecule has 0 bridgehead atoms. The van der Waals surface area contributed by atoms with E-state index in [4.69, 9.17) is 15.9 Å². The van der Waals surface area contributed by atoms with Gasteiger partial charge in [0.1, 0.15) is 17.1 Å². The number of amides is 1. The molecule has 9 heteroatoms. The van der Waals surface area contributed by atoms with Gasteiger partial charge in [-0.2, -0.15) is 0 Å². The number of nitrogens with one attached hydrogen (secondary N) is 2. The van der Waals surface area contributed by atoms with E-state index in [2.05, 4.69) is 26.2 Å². The van der Waals surface area contributed by atoms with Crippen molar-refractivity contribution in [3.63, 3.8) is 0 Å². The van der Waals surface area contributed by atoms with Crippen molar-refractivity contribution < 1.29 is 18.7 Å². The predicted octanol–water partition coefficient (Wildman–Crippen LogP) is 4.45. The Morgan fingerprint density at radius 1 is 1.36 bits per heavy atom. The lowest BCUT2D eigenvalue weighted by molar-refractivity contribution is 0.0635. The van der Waals surface area contributed by atoms with E-state index < -0.39 is 23.3 Å². The number of benzene rings is 1. The summed E-state index contributed by atoms with van der Waals surface area (Å²) in [4.78, 5) is 29.4. The van der Waals surface area contributed by atoms with Crippen LogP contribution in [-0.2, 0) is 4.74 Å². The maximum atomic E-state index is 13.7. The third-order valence-electron chi connectivity index (χ3n) is 3.74. The molecule has 1 aromatic carbocycles. The van der Waals surface area contributed by atoms with Crippen molar-refractivity contribution in [1.29, 1.82) is 5.41 Å². The van der Waals surface area contributed by atoms with Gasteiger partial charge in [-0.05, 0) is 61.3 Å². The molecule has 148 valence electrons. The molecule has 4 N–H and O–H groups in total. The molecule has 1 aromatic heterocycles. The fraction of sp³-hybridized carbons (Fsp3) is 0.263. The molecule has 0 saturated heterocycles. The Hall–Kier alpha value is -2.81. The number of carbonyl (C=O) groups is 2. The van der Waals surface area contributed by atoms with Crippen molar-refractivity contribution in [2.45, 2.75) is 33.3 Å². The highest BCUT2D eigenvalue weighted by Crippen LogP contribution is 2.30. The molecule has 0 aliphatic carbocycles. The van der Waals surface area contributed by atoms with Crippen LogP contribution in [-0.4, -0.2) is 28.7 Å². The molecule has 0 atom stereocenters. The van der Waals surface area contributed by atoms with Gasteiger partial charge in [-0.25, -0.2) is 14.2 Å². The largest absolute Gasteiger partial charge is 0.444 e. The maximum absolute atomic E-state index is 13.7. The molecule has 7 nitrogen and oxygen atoms in total. The smallest absolute Gasteiger partial charge is 0.412 e. The van der Waals surface area contributed by atoms with Gasteiger partial charge in [0.2, 0.25) is 5.78 Å². The Labute approximate surface area is 170 Å². The minimum absolute atomic E-state index is 0.00430. The van der Waals surface area contributed by atoms with Gasteiger partial charge < -0.3 is 15.9 Å². The first-order valence-corrected chi connectivity index (χ1v) is 9.03. The van der Waals surface area contributed by atoms with Gasteiger partial charge in [0, 0.05) is 28.0 Å². The highest BCUT2D eigenvalue weighted by molar-refractivity contribution is 9.10. The third kappa shape index (κ3) is 4.53. The zero-order chi connectivity index (χ0) is 21.2. The Morgan fingerprint density at radius 3 is 2.57 bits per heavy atom.